The van der Waals surface area contributed by atoms with Crippen LogP contribution in [-0.2, 0) is 9.53 Å². The lowest BCUT2D eigenvalue weighted by Gasteiger charge is -2.33. The van der Waals surface area contributed by atoms with Crippen LogP contribution < -0.4 is 26.6 Å². The molecule has 1 aliphatic rings. The standard InChI is InChI=1S/C28H34N6O4S/c1-16-7-12-21(17(2)14-16)34(28(37)25-22(29)23(26(30)35)32-39-25)24(18-8-10-19(11-9-18)33(3)4)27(36)31-15-20-6-5-13-38-20/h7-12,14,20,24H,5-6,13,15,29H2,1-4H3,(H2,30,35)(H,31,36)/t20-,24+/m0/s1. The third-order valence-electron chi connectivity index (χ3n) is 6.75. The molecule has 0 bridgehead atoms. The highest BCUT2D eigenvalue weighted by molar-refractivity contribution is 7.09. The Kier molecular flexibility index (Phi) is 8.51. The molecule has 2 atom stereocenters. The average molecular weight is 551 g/mol. The second kappa shape index (κ2) is 11.8. The fraction of sp³-hybridized carbons (Fsp3) is 0.357. The molecule has 0 unspecified atom stereocenters. The summed E-state index contributed by atoms with van der Waals surface area (Å²) >= 11 is 0.784. The van der Waals surface area contributed by atoms with Gasteiger partial charge in [0, 0.05) is 38.6 Å². The van der Waals surface area contributed by atoms with Gasteiger partial charge < -0.3 is 26.4 Å². The Balaban J connectivity index is 1.85. The number of nitrogens with zero attached hydrogens (tertiary/aromatic N) is 3. The molecule has 3 amide bonds. The Morgan fingerprint density at radius 1 is 1.15 bits per heavy atom. The number of aromatic nitrogens is 1. The number of hydrogen-bond donors (Lipinski definition) is 3. The highest BCUT2D eigenvalue weighted by Crippen LogP contribution is 2.35. The Morgan fingerprint density at radius 3 is 2.44 bits per heavy atom. The van der Waals surface area contributed by atoms with Crippen LogP contribution in [0.25, 0.3) is 0 Å². The number of anilines is 3. The maximum Gasteiger partial charge on any atom is 0.273 e. The molecule has 0 saturated carbocycles. The monoisotopic (exact) mass is 550 g/mol. The van der Waals surface area contributed by atoms with Gasteiger partial charge in [0.1, 0.15) is 10.9 Å². The van der Waals surface area contributed by atoms with Gasteiger partial charge in [0.25, 0.3) is 11.8 Å². The predicted molar refractivity (Wildman–Crippen MR) is 153 cm³/mol. The second-order valence-corrected chi connectivity index (χ2v) is 10.6. The number of ether oxygens (including phenoxy) is 1. The van der Waals surface area contributed by atoms with Crippen LogP contribution in [0, 0.1) is 13.8 Å². The zero-order valence-corrected chi connectivity index (χ0v) is 23.4. The molecule has 10 nitrogen and oxygen atoms in total. The first-order valence-corrected chi connectivity index (χ1v) is 13.5. The topological polar surface area (TPSA) is 144 Å². The molecule has 2 heterocycles. The van der Waals surface area contributed by atoms with Crippen molar-refractivity contribution in [3.8, 4) is 0 Å². The number of carbonyl (C=O) groups excluding carboxylic acids is 3. The molecule has 1 saturated heterocycles. The minimum absolute atomic E-state index is 0.0330. The molecule has 0 radical (unpaired) electrons. The van der Waals surface area contributed by atoms with Gasteiger partial charge in [0.15, 0.2) is 5.69 Å². The van der Waals surface area contributed by atoms with Gasteiger partial charge in [-0.05, 0) is 67.5 Å². The Labute approximate surface area is 232 Å². The van der Waals surface area contributed by atoms with Crippen molar-refractivity contribution in [1.29, 1.82) is 0 Å². The summed E-state index contributed by atoms with van der Waals surface area (Å²) in [5.74, 6) is -1.75. The molecule has 2 aromatic carbocycles. The number of amides is 3. The van der Waals surface area contributed by atoms with Crippen molar-refractivity contribution in [2.24, 2.45) is 5.73 Å². The molecule has 39 heavy (non-hydrogen) atoms. The summed E-state index contributed by atoms with van der Waals surface area (Å²) in [5, 5.41) is 3.00. The van der Waals surface area contributed by atoms with Gasteiger partial charge in [-0.15, -0.1) is 0 Å². The number of primary amides is 1. The Bertz CT molecular complexity index is 1360. The molecule has 1 aliphatic heterocycles. The normalized spacial score (nSPS) is 15.5. The van der Waals surface area contributed by atoms with Crippen LogP contribution in [0.2, 0.25) is 0 Å². The number of nitrogens with two attached hydrogens (primary N) is 2. The van der Waals surface area contributed by atoms with E-state index in [0.717, 1.165) is 41.2 Å². The van der Waals surface area contributed by atoms with Gasteiger partial charge in [-0.3, -0.25) is 19.3 Å². The van der Waals surface area contributed by atoms with Gasteiger partial charge in [-0.2, -0.15) is 4.37 Å². The quantitative estimate of drug-likeness (QED) is 0.371. The molecule has 0 aliphatic carbocycles. The Hall–Kier alpha value is -3.96. The molecule has 5 N–H and O–H groups in total. The first kappa shape index (κ1) is 28.1. The van der Waals surface area contributed by atoms with Crippen LogP contribution in [0.1, 0.15) is 55.7 Å². The molecule has 0 spiro atoms. The van der Waals surface area contributed by atoms with E-state index in [1.54, 1.807) is 0 Å². The van der Waals surface area contributed by atoms with Crippen LogP contribution in [0.5, 0.6) is 0 Å². The van der Waals surface area contributed by atoms with E-state index in [4.69, 9.17) is 16.2 Å². The van der Waals surface area contributed by atoms with Gasteiger partial charge in [0.05, 0.1) is 11.8 Å². The lowest BCUT2D eigenvalue weighted by molar-refractivity contribution is -0.123. The maximum absolute atomic E-state index is 14.2. The summed E-state index contributed by atoms with van der Waals surface area (Å²) in [6.07, 6.45) is 1.72. The average Bonchev–Trinajstić information content (AvgIpc) is 3.56. The van der Waals surface area contributed by atoms with Crippen LogP contribution in [0.3, 0.4) is 0 Å². The number of nitrogens with one attached hydrogen (secondary N) is 1. The number of benzene rings is 2. The maximum atomic E-state index is 14.2. The molecule has 1 fully saturated rings. The number of nitrogen functional groups attached to an aromatic ring is 1. The van der Waals surface area contributed by atoms with Gasteiger partial charge in [0.2, 0.25) is 5.91 Å². The number of rotatable bonds is 9. The summed E-state index contributed by atoms with van der Waals surface area (Å²) in [6, 6.07) is 12.0. The number of carbonyl (C=O) groups is 3. The fourth-order valence-electron chi connectivity index (χ4n) is 4.67. The molecular formula is C28H34N6O4S. The lowest BCUT2D eigenvalue weighted by atomic mass is 10.00. The molecular weight excluding hydrogens is 516 g/mol. The lowest BCUT2D eigenvalue weighted by Crippen LogP contribution is -2.46. The van der Waals surface area contributed by atoms with E-state index < -0.39 is 17.9 Å². The predicted octanol–water partition coefficient (Wildman–Crippen LogP) is 3.19. The first-order valence-electron chi connectivity index (χ1n) is 12.7. The van der Waals surface area contributed by atoms with Gasteiger partial charge in [-0.25, -0.2) is 0 Å². The second-order valence-electron chi connectivity index (χ2n) is 9.87. The summed E-state index contributed by atoms with van der Waals surface area (Å²) in [6.45, 7) is 4.82. The summed E-state index contributed by atoms with van der Waals surface area (Å²) < 4.78 is 9.72. The van der Waals surface area contributed by atoms with Crippen LogP contribution in [0.4, 0.5) is 17.1 Å². The molecule has 3 aromatic rings. The summed E-state index contributed by atoms with van der Waals surface area (Å²) in [5.41, 5.74) is 15.2. The van der Waals surface area contributed by atoms with E-state index in [-0.39, 0.29) is 28.3 Å². The van der Waals surface area contributed by atoms with Crippen molar-refractivity contribution in [3.63, 3.8) is 0 Å². The van der Waals surface area contributed by atoms with E-state index in [2.05, 4.69) is 9.69 Å². The zero-order chi connectivity index (χ0) is 28.3. The first-order chi connectivity index (χ1) is 18.6. The zero-order valence-electron chi connectivity index (χ0n) is 22.6. The van der Waals surface area contributed by atoms with Crippen molar-refractivity contribution in [1.82, 2.24) is 9.69 Å². The Morgan fingerprint density at radius 2 is 1.87 bits per heavy atom. The van der Waals surface area contributed by atoms with E-state index in [0.29, 0.717) is 24.4 Å². The largest absolute Gasteiger partial charge is 0.395 e. The van der Waals surface area contributed by atoms with Gasteiger partial charge >= 0.3 is 0 Å². The van der Waals surface area contributed by atoms with Crippen LogP contribution in [0.15, 0.2) is 42.5 Å². The summed E-state index contributed by atoms with van der Waals surface area (Å²) in [4.78, 5) is 43.4. The van der Waals surface area contributed by atoms with Crippen LogP contribution in [-0.4, -0.2) is 55.4 Å². The highest BCUT2D eigenvalue weighted by atomic mass is 32.1. The van der Waals surface area contributed by atoms with E-state index in [1.165, 1.54) is 4.90 Å². The third-order valence-corrected chi connectivity index (χ3v) is 7.60. The number of aryl methyl sites for hydroxylation is 2. The highest BCUT2D eigenvalue weighted by Gasteiger charge is 2.37. The SMILES string of the molecule is Cc1ccc(N(C(=O)c2snc(C(N)=O)c2N)[C@@H](C(=O)NC[C@@H]2CCCO2)c2ccc(N(C)C)cc2)c(C)c1. The van der Waals surface area contributed by atoms with Crippen molar-refractivity contribution < 1.29 is 19.1 Å². The molecule has 206 valence electrons. The van der Waals surface area contributed by atoms with Crippen LogP contribution >= 0.6 is 11.5 Å². The molecule has 1 aromatic heterocycles. The van der Waals surface area contributed by atoms with Crippen molar-refractivity contribution in [2.45, 2.75) is 38.8 Å². The van der Waals surface area contributed by atoms with Crippen molar-refractivity contribution in [3.05, 3.63) is 69.7 Å². The smallest absolute Gasteiger partial charge is 0.273 e. The van der Waals surface area contributed by atoms with E-state index in [9.17, 15) is 14.4 Å². The van der Waals surface area contributed by atoms with E-state index in [1.807, 2.05) is 75.3 Å². The van der Waals surface area contributed by atoms with Crippen molar-refractivity contribution in [2.75, 3.05) is 42.8 Å². The fourth-order valence-corrected chi connectivity index (χ4v) is 5.41. The number of hydrogen-bond acceptors (Lipinski definition) is 8. The molecule has 11 heteroatoms. The van der Waals surface area contributed by atoms with E-state index >= 15 is 0 Å². The third kappa shape index (κ3) is 6.04. The minimum Gasteiger partial charge on any atom is -0.395 e. The summed E-state index contributed by atoms with van der Waals surface area (Å²) in [7, 11) is 3.85. The minimum atomic E-state index is -1.05. The molecule has 4 rings (SSSR count). The van der Waals surface area contributed by atoms with Crippen molar-refractivity contribution >= 4 is 46.3 Å². The van der Waals surface area contributed by atoms with Gasteiger partial charge in [-0.1, -0.05) is 29.8 Å².